The lowest BCUT2D eigenvalue weighted by molar-refractivity contribution is -0.128. The highest BCUT2D eigenvalue weighted by molar-refractivity contribution is 6.35. The molecule has 2 atom stereocenters. The number of hydrogen-bond acceptors (Lipinski definition) is 7. The molecule has 0 radical (unpaired) electrons. The molecule has 3 aromatic heterocycles. The van der Waals surface area contributed by atoms with Crippen molar-refractivity contribution in [1.82, 2.24) is 35.3 Å². The molecule has 2 aromatic carbocycles. The zero-order valence-corrected chi connectivity index (χ0v) is 22.8. The van der Waals surface area contributed by atoms with Gasteiger partial charge in [0.1, 0.15) is 11.3 Å². The highest BCUT2D eigenvalue weighted by atomic mass is 35.5. The minimum Gasteiger partial charge on any atom is -0.421 e. The van der Waals surface area contributed by atoms with Crippen LogP contribution in [0.25, 0.3) is 32.9 Å². The van der Waals surface area contributed by atoms with Crippen LogP contribution in [0.2, 0.25) is 5.02 Å². The smallest absolute Gasteiger partial charge is 0.324 e. The summed E-state index contributed by atoms with van der Waals surface area (Å²) in [7, 11) is 0. The second-order valence-electron chi connectivity index (χ2n) is 9.94. The number of anilines is 1. The Morgan fingerprint density at radius 3 is 2.73 bits per heavy atom. The van der Waals surface area contributed by atoms with Crippen LogP contribution in [0.3, 0.4) is 0 Å². The van der Waals surface area contributed by atoms with E-state index in [2.05, 4.69) is 32.0 Å². The Kier molecular flexibility index (Phi) is 6.38. The van der Waals surface area contributed by atoms with E-state index in [-0.39, 0.29) is 40.1 Å². The van der Waals surface area contributed by atoms with Crippen molar-refractivity contribution in [2.24, 2.45) is 0 Å². The molecule has 0 aliphatic carbocycles. The number of nitrogens with zero attached hydrogens (tertiary/aromatic N) is 6. The molecule has 40 heavy (non-hydrogen) atoms. The Morgan fingerprint density at radius 2 is 1.98 bits per heavy atom. The Hall–Kier alpha value is -4.51. The molecular formula is C28H26ClFN8O2. The van der Waals surface area contributed by atoms with Crippen LogP contribution >= 0.6 is 11.6 Å². The molecule has 5 aromatic rings. The predicted molar refractivity (Wildman–Crippen MR) is 151 cm³/mol. The van der Waals surface area contributed by atoms with Crippen LogP contribution in [0.15, 0.2) is 49.4 Å². The van der Waals surface area contributed by atoms with Crippen LogP contribution in [0.4, 0.5) is 10.2 Å². The number of H-pyrrole nitrogens is 2. The van der Waals surface area contributed by atoms with E-state index in [0.29, 0.717) is 35.6 Å². The van der Waals surface area contributed by atoms with Gasteiger partial charge in [-0.2, -0.15) is 20.2 Å². The molecular weight excluding hydrogens is 535 g/mol. The average Bonchev–Trinajstić information content (AvgIpc) is 3.63. The largest absolute Gasteiger partial charge is 0.421 e. The van der Waals surface area contributed by atoms with E-state index in [1.165, 1.54) is 12.3 Å². The third-order valence-electron chi connectivity index (χ3n) is 7.32. The third kappa shape index (κ3) is 4.22. The fraction of sp³-hybridized carbons (Fsp3) is 0.250. The first kappa shape index (κ1) is 25.8. The lowest BCUT2D eigenvalue weighted by atomic mass is 9.95. The standard InChI is InChI=1S/C28H26ClFN8O2/c1-5-22(39)37-12-16(4)38(13-15(37)3)27-18-8-20(29)24(23-14(2)6-7-21-19(23)11-33-36-21)25(30)26(18)34-28(35-27)40-17-9-31-32-10-17/h5-11,15-16H,1,12-13H2,2-4H3,(H,31,32)(H,33,36)/t15-,16+/m1/s1. The number of benzene rings is 2. The number of fused-ring (bicyclic) bond motifs is 2. The van der Waals surface area contributed by atoms with Crippen molar-refractivity contribution in [3.05, 3.63) is 65.8 Å². The number of hydrogen-bond donors (Lipinski definition) is 2. The van der Waals surface area contributed by atoms with E-state index in [1.807, 2.05) is 37.8 Å². The summed E-state index contributed by atoms with van der Waals surface area (Å²) >= 11 is 6.84. The van der Waals surface area contributed by atoms with Crippen LogP contribution < -0.4 is 9.64 Å². The molecule has 0 bridgehead atoms. The number of halogens is 2. The number of aromatic nitrogens is 6. The maximum absolute atomic E-state index is 16.7. The summed E-state index contributed by atoms with van der Waals surface area (Å²) < 4.78 is 22.5. The number of rotatable bonds is 5. The molecule has 12 heteroatoms. The van der Waals surface area contributed by atoms with Gasteiger partial charge in [0.2, 0.25) is 5.91 Å². The normalized spacial score (nSPS) is 17.5. The van der Waals surface area contributed by atoms with E-state index in [1.54, 1.807) is 23.4 Å². The van der Waals surface area contributed by atoms with Crippen molar-refractivity contribution < 1.29 is 13.9 Å². The molecule has 1 fully saturated rings. The van der Waals surface area contributed by atoms with Crippen LogP contribution in [0.1, 0.15) is 19.4 Å². The molecule has 1 aliphatic heterocycles. The van der Waals surface area contributed by atoms with E-state index in [4.69, 9.17) is 21.3 Å². The molecule has 204 valence electrons. The first-order valence-corrected chi connectivity index (χ1v) is 13.1. The predicted octanol–water partition coefficient (Wildman–Crippen LogP) is 5.40. The first-order chi connectivity index (χ1) is 19.3. The van der Waals surface area contributed by atoms with Crippen molar-refractivity contribution in [2.75, 3.05) is 18.0 Å². The molecule has 1 saturated heterocycles. The Bertz CT molecular complexity index is 1770. The van der Waals surface area contributed by atoms with E-state index in [0.717, 1.165) is 16.5 Å². The Morgan fingerprint density at radius 1 is 1.15 bits per heavy atom. The number of aryl methyl sites for hydroxylation is 1. The molecule has 0 spiro atoms. The zero-order valence-electron chi connectivity index (χ0n) is 22.1. The molecule has 6 rings (SSSR count). The summed E-state index contributed by atoms with van der Waals surface area (Å²) in [5.74, 6) is 0.0973. The summed E-state index contributed by atoms with van der Waals surface area (Å²) in [6, 6.07) is 5.14. The van der Waals surface area contributed by atoms with E-state index in [9.17, 15) is 4.79 Å². The molecule has 1 amide bonds. The van der Waals surface area contributed by atoms with Gasteiger partial charge in [-0.05, 0) is 44.5 Å². The fourth-order valence-electron chi connectivity index (χ4n) is 5.36. The maximum atomic E-state index is 16.7. The van der Waals surface area contributed by atoms with Gasteiger partial charge < -0.3 is 14.5 Å². The highest BCUT2D eigenvalue weighted by Gasteiger charge is 2.34. The summed E-state index contributed by atoms with van der Waals surface area (Å²) in [4.78, 5) is 25.4. The SMILES string of the molecule is C=CC(=O)N1C[C@H](C)N(c2nc(Oc3cn[nH]c3)nc3c(F)c(-c4c(C)ccc5[nH]ncc45)c(Cl)cc23)C[C@H]1C. The zero-order chi connectivity index (χ0) is 28.1. The molecule has 0 saturated carbocycles. The maximum Gasteiger partial charge on any atom is 0.324 e. The Balaban J connectivity index is 1.56. The lowest BCUT2D eigenvalue weighted by Crippen LogP contribution is -2.58. The highest BCUT2D eigenvalue weighted by Crippen LogP contribution is 2.43. The number of carbonyl (C=O) groups is 1. The van der Waals surface area contributed by atoms with Crippen molar-refractivity contribution in [1.29, 1.82) is 0 Å². The topological polar surface area (TPSA) is 116 Å². The van der Waals surface area contributed by atoms with Crippen molar-refractivity contribution in [3.63, 3.8) is 0 Å². The number of piperazine rings is 1. The molecule has 4 heterocycles. The number of aromatic amines is 2. The number of nitrogens with one attached hydrogen (secondary N) is 2. The minimum absolute atomic E-state index is 0.0428. The van der Waals surface area contributed by atoms with Gasteiger partial charge in [0.25, 0.3) is 0 Å². The van der Waals surface area contributed by atoms with Crippen molar-refractivity contribution in [2.45, 2.75) is 32.9 Å². The average molecular weight is 561 g/mol. The second kappa shape index (κ2) is 9.91. The van der Waals surface area contributed by atoms with Gasteiger partial charge in [0.15, 0.2) is 11.6 Å². The lowest BCUT2D eigenvalue weighted by Gasteiger charge is -2.44. The summed E-state index contributed by atoms with van der Waals surface area (Å²) in [5, 5.41) is 15.1. The summed E-state index contributed by atoms with van der Waals surface area (Å²) in [6.07, 6.45) is 5.99. The van der Waals surface area contributed by atoms with E-state index < -0.39 is 5.82 Å². The van der Waals surface area contributed by atoms with Gasteiger partial charge in [0, 0.05) is 47.1 Å². The van der Waals surface area contributed by atoms with Crippen LogP contribution in [0.5, 0.6) is 11.8 Å². The van der Waals surface area contributed by atoms with Gasteiger partial charge in [-0.25, -0.2) is 4.39 Å². The first-order valence-electron chi connectivity index (χ1n) is 12.8. The van der Waals surface area contributed by atoms with Crippen molar-refractivity contribution in [3.8, 4) is 22.9 Å². The van der Waals surface area contributed by atoms with Crippen molar-refractivity contribution >= 4 is 45.1 Å². The Labute approximate surface area is 233 Å². The molecule has 2 N–H and O–H groups in total. The minimum atomic E-state index is -0.596. The summed E-state index contributed by atoms with van der Waals surface area (Å²) in [6.45, 7) is 10.3. The summed E-state index contributed by atoms with van der Waals surface area (Å²) in [5.41, 5.74) is 2.52. The third-order valence-corrected chi connectivity index (χ3v) is 7.62. The number of carbonyl (C=O) groups excluding carboxylic acids is 1. The van der Waals surface area contributed by atoms with Crippen LogP contribution in [0, 0.1) is 12.7 Å². The second-order valence-corrected chi connectivity index (χ2v) is 10.4. The van der Waals surface area contributed by atoms with Gasteiger partial charge in [-0.3, -0.25) is 15.0 Å². The van der Waals surface area contributed by atoms with Crippen LogP contribution in [-0.2, 0) is 4.79 Å². The number of ether oxygens (including phenoxy) is 1. The van der Waals surface area contributed by atoms with Gasteiger partial charge >= 0.3 is 6.01 Å². The van der Waals surface area contributed by atoms with Gasteiger partial charge in [0.05, 0.1) is 29.1 Å². The quantitative estimate of drug-likeness (QED) is 0.276. The molecule has 0 unspecified atom stereocenters. The fourth-order valence-corrected chi connectivity index (χ4v) is 5.64. The molecule has 10 nitrogen and oxygen atoms in total. The van der Waals surface area contributed by atoms with E-state index >= 15 is 4.39 Å². The monoisotopic (exact) mass is 560 g/mol. The van der Waals surface area contributed by atoms with Gasteiger partial charge in [-0.1, -0.05) is 24.2 Å². The van der Waals surface area contributed by atoms with Crippen LogP contribution in [-0.4, -0.2) is 66.3 Å². The molecule has 1 aliphatic rings. The van der Waals surface area contributed by atoms with Gasteiger partial charge in [-0.15, -0.1) is 0 Å². The number of amides is 1.